The molecule has 2 bridgehead atoms. The van der Waals surface area contributed by atoms with E-state index >= 15 is 0 Å². The van der Waals surface area contributed by atoms with Crippen molar-refractivity contribution in [3.63, 3.8) is 0 Å². The summed E-state index contributed by atoms with van der Waals surface area (Å²) in [6, 6.07) is 0. The van der Waals surface area contributed by atoms with E-state index in [1.54, 1.807) is 0 Å². The zero-order valence-corrected chi connectivity index (χ0v) is 14.2. The van der Waals surface area contributed by atoms with Gasteiger partial charge in [-0.05, 0) is 43.5 Å². The van der Waals surface area contributed by atoms with Gasteiger partial charge in [-0.15, -0.1) is 0 Å². The Hall–Kier alpha value is -0.613. The van der Waals surface area contributed by atoms with Crippen LogP contribution in [-0.4, -0.2) is 25.8 Å². The van der Waals surface area contributed by atoms with E-state index in [0.717, 1.165) is 6.42 Å². The number of carbonyl (C=O) groups is 1. The Kier molecular flexibility index (Phi) is 3.26. The summed E-state index contributed by atoms with van der Waals surface area (Å²) in [6.07, 6.45) is 2.42. The monoisotopic (exact) mass is 282 g/mol. The number of rotatable bonds is 2. The average molecular weight is 282 g/mol. The Morgan fingerprint density at radius 1 is 1.42 bits per heavy atom. The standard InChI is InChI=1S/C15H26O3Si/c1-10-8-11-13(16)12(9-15(10,5)17-11)18-19(6,7)14(2,3)4/h9-11H,8H2,1-7H3/t10-,11+,15+/m1/s1. The van der Waals surface area contributed by atoms with Crippen molar-refractivity contribution in [1.29, 1.82) is 0 Å². The van der Waals surface area contributed by atoms with Gasteiger partial charge in [-0.3, -0.25) is 4.79 Å². The van der Waals surface area contributed by atoms with E-state index in [-0.39, 0.29) is 22.5 Å². The van der Waals surface area contributed by atoms with Gasteiger partial charge in [-0.1, -0.05) is 27.7 Å². The van der Waals surface area contributed by atoms with E-state index in [0.29, 0.717) is 11.7 Å². The second-order valence-corrected chi connectivity index (χ2v) is 12.4. The van der Waals surface area contributed by atoms with Gasteiger partial charge in [-0.2, -0.15) is 0 Å². The van der Waals surface area contributed by atoms with Crippen molar-refractivity contribution in [1.82, 2.24) is 0 Å². The van der Waals surface area contributed by atoms with Crippen molar-refractivity contribution >= 4 is 14.1 Å². The number of ketones is 1. The predicted molar refractivity (Wildman–Crippen MR) is 78.4 cm³/mol. The Bertz CT molecular complexity index is 433. The molecule has 2 aliphatic rings. The number of carbonyl (C=O) groups excluding carboxylic acids is 1. The fourth-order valence-electron chi connectivity index (χ4n) is 2.36. The number of hydrogen-bond acceptors (Lipinski definition) is 3. The molecule has 0 spiro atoms. The minimum Gasteiger partial charge on any atom is -0.541 e. The second kappa shape index (κ2) is 4.19. The van der Waals surface area contributed by atoms with Gasteiger partial charge in [0.15, 0.2) is 0 Å². The SMILES string of the molecule is C[C@@H]1C[C@@H]2O[C@@]1(C)C=C(O[Si](C)(C)C(C)(C)C)C2=O. The summed E-state index contributed by atoms with van der Waals surface area (Å²) in [4.78, 5) is 12.4. The van der Waals surface area contributed by atoms with E-state index in [9.17, 15) is 4.79 Å². The molecular formula is C15H26O3Si. The maximum absolute atomic E-state index is 12.4. The van der Waals surface area contributed by atoms with Crippen LogP contribution in [0.1, 0.15) is 41.0 Å². The molecule has 0 saturated carbocycles. The minimum absolute atomic E-state index is 0.0339. The van der Waals surface area contributed by atoms with Crippen LogP contribution in [0.3, 0.4) is 0 Å². The first-order valence-corrected chi connectivity index (χ1v) is 10.0. The summed E-state index contributed by atoms with van der Waals surface area (Å²) in [5, 5.41) is 0.0952. The smallest absolute Gasteiger partial charge is 0.250 e. The van der Waals surface area contributed by atoms with Gasteiger partial charge in [0.2, 0.25) is 5.78 Å². The molecule has 19 heavy (non-hydrogen) atoms. The van der Waals surface area contributed by atoms with Gasteiger partial charge in [0, 0.05) is 0 Å². The zero-order chi connectivity index (χ0) is 14.6. The van der Waals surface area contributed by atoms with Crippen LogP contribution in [0, 0.1) is 5.92 Å². The Balaban J connectivity index is 2.29. The van der Waals surface area contributed by atoms with Crippen LogP contribution in [0.2, 0.25) is 18.1 Å². The quantitative estimate of drug-likeness (QED) is 0.725. The first-order chi connectivity index (χ1) is 8.46. The molecule has 2 rings (SSSR count). The molecule has 0 aromatic carbocycles. The highest BCUT2D eigenvalue weighted by Gasteiger charge is 2.51. The lowest BCUT2D eigenvalue weighted by molar-refractivity contribution is -0.133. The van der Waals surface area contributed by atoms with Crippen LogP contribution in [-0.2, 0) is 14.0 Å². The largest absolute Gasteiger partial charge is 0.541 e. The Morgan fingerprint density at radius 2 is 2.00 bits per heavy atom. The Morgan fingerprint density at radius 3 is 2.53 bits per heavy atom. The fourth-order valence-corrected chi connectivity index (χ4v) is 3.38. The average Bonchev–Trinajstić information content (AvgIpc) is 2.46. The first kappa shape index (κ1) is 14.8. The van der Waals surface area contributed by atoms with Gasteiger partial charge in [0.1, 0.15) is 11.9 Å². The predicted octanol–water partition coefficient (Wildman–Crippen LogP) is 3.66. The van der Waals surface area contributed by atoms with Gasteiger partial charge in [0.05, 0.1) is 5.60 Å². The molecule has 0 aromatic heterocycles. The van der Waals surface area contributed by atoms with Gasteiger partial charge in [-0.25, -0.2) is 0 Å². The Labute approximate surface area is 117 Å². The lowest BCUT2D eigenvalue weighted by Gasteiger charge is -2.39. The van der Waals surface area contributed by atoms with E-state index in [1.807, 2.05) is 6.08 Å². The van der Waals surface area contributed by atoms with Crippen LogP contribution in [0.25, 0.3) is 0 Å². The van der Waals surface area contributed by atoms with Crippen LogP contribution in [0.15, 0.2) is 11.8 Å². The molecule has 0 aliphatic carbocycles. The molecule has 0 unspecified atom stereocenters. The third-order valence-electron chi connectivity index (χ3n) is 5.07. The van der Waals surface area contributed by atoms with Gasteiger partial charge in [0.25, 0.3) is 8.32 Å². The molecule has 4 heteroatoms. The van der Waals surface area contributed by atoms with Crippen LogP contribution < -0.4 is 0 Å². The molecule has 2 aliphatic heterocycles. The molecule has 1 saturated heterocycles. The number of fused-ring (bicyclic) bond motifs is 2. The maximum atomic E-state index is 12.4. The topological polar surface area (TPSA) is 35.5 Å². The molecule has 0 radical (unpaired) electrons. The molecule has 1 fully saturated rings. The second-order valence-electron chi connectivity index (χ2n) is 7.66. The highest BCUT2D eigenvalue weighted by molar-refractivity contribution is 6.74. The van der Waals surface area contributed by atoms with Crippen molar-refractivity contribution in [2.24, 2.45) is 5.92 Å². The lowest BCUT2D eigenvalue weighted by atomic mass is 9.91. The van der Waals surface area contributed by atoms with Crippen molar-refractivity contribution in [3.8, 4) is 0 Å². The molecule has 3 atom stereocenters. The van der Waals surface area contributed by atoms with E-state index in [4.69, 9.17) is 9.16 Å². The van der Waals surface area contributed by atoms with Crippen LogP contribution in [0.5, 0.6) is 0 Å². The number of Topliss-reactive ketones (excluding diaryl/α,β-unsaturated/α-hetero) is 1. The summed E-state index contributed by atoms with van der Waals surface area (Å²) in [6.45, 7) is 15.1. The molecule has 2 heterocycles. The number of ether oxygens (including phenoxy) is 1. The van der Waals surface area contributed by atoms with Crippen molar-refractivity contribution in [2.75, 3.05) is 0 Å². The van der Waals surface area contributed by atoms with Crippen molar-refractivity contribution in [3.05, 3.63) is 11.8 Å². The summed E-state index contributed by atoms with van der Waals surface area (Å²) in [5.41, 5.74) is -0.337. The minimum atomic E-state index is -1.97. The third kappa shape index (κ3) is 2.40. The van der Waals surface area contributed by atoms with Crippen LogP contribution >= 0.6 is 0 Å². The third-order valence-corrected chi connectivity index (χ3v) is 9.41. The summed E-state index contributed by atoms with van der Waals surface area (Å²) in [7, 11) is -1.97. The van der Waals surface area contributed by atoms with Gasteiger partial charge >= 0.3 is 0 Å². The van der Waals surface area contributed by atoms with Crippen molar-refractivity contribution < 1.29 is 14.0 Å². The summed E-state index contributed by atoms with van der Waals surface area (Å²) < 4.78 is 12.1. The van der Waals surface area contributed by atoms with E-state index in [2.05, 4.69) is 47.7 Å². The molecule has 0 amide bonds. The lowest BCUT2D eigenvalue weighted by Crippen LogP contribution is -2.44. The van der Waals surface area contributed by atoms with Gasteiger partial charge < -0.3 is 9.16 Å². The molecule has 0 aromatic rings. The highest BCUT2D eigenvalue weighted by Crippen LogP contribution is 2.45. The number of hydrogen-bond donors (Lipinski definition) is 0. The van der Waals surface area contributed by atoms with Crippen molar-refractivity contribution in [2.45, 2.75) is 70.9 Å². The first-order valence-electron chi connectivity index (χ1n) is 7.10. The van der Waals surface area contributed by atoms with E-state index < -0.39 is 8.32 Å². The highest BCUT2D eigenvalue weighted by atomic mass is 28.4. The maximum Gasteiger partial charge on any atom is 0.250 e. The molecule has 108 valence electrons. The van der Waals surface area contributed by atoms with Crippen LogP contribution in [0.4, 0.5) is 0 Å². The summed E-state index contributed by atoms with van der Waals surface area (Å²) >= 11 is 0. The molecule has 3 nitrogen and oxygen atoms in total. The summed E-state index contributed by atoms with van der Waals surface area (Å²) in [5.74, 6) is 0.948. The zero-order valence-electron chi connectivity index (χ0n) is 13.2. The molecular weight excluding hydrogens is 256 g/mol. The van der Waals surface area contributed by atoms with E-state index in [1.165, 1.54) is 0 Å². The molecule has 0 N–H and O–H groups in total. The fraction of sp³-hybridized carbons (Fsp3) is 0.800. The normalized spacial score (nSPS) is 35.3.